The fourth-order valence-corrected chi connectivity index (χ4v) is 3.98. The van der Waals surface area contributed by atoms with Crippen LogP contribution in [-0.2, 0) is 40.1 Å². The summed E-state index contributed by atoms with van der Waals surface area (Å²) in [6.45, 7) is 4.47. The Labute approximate surface area is 207 Å². The van der Waals surface area contributed by atoms with Gasteiger partial charge in [0.1, 0.15) is 36.2 Å². The van der Waals surface area contributed by atoms with Crippen molar-refractivity contribution in [2.24, 2.45) is 11.8 Å². The van der Waals surface area contributed by atoms with Crippen LogP contribution < -0.4 is 0 Å². The van der Waals surface area contributed by atoms with Gasteiger partial charge in [-0.3, -0.25) is 28.8 Å². The number of benzene rings is 1. The molecule has 0 saturated heterocycles. The summed E-state index contributed by atoms with van der Waals surface area (Å²) in [4.78, 5) is 65.6. The number of carbonyl (C=O) groups excluding carboxylic acids is 6. The minimum Gasteiger partial charge on any atom is -0.460 e. The van der Waals surface area contributed by atoms with Crippen LogP contribution >= 0.6 is 0 Å². The van der Waals surface area contributed by atoms with Crippen LogP contribution in [0.4, 0.5) is 0 Å². The fourth-order valence-electron chi connectivity index (χ4n) is 3.98. The van der Waals surface area contributed by atoms with E-state index in [0.717, 1.165) is 37.7 Å². The Hall–Kier alpha value is -3.22. The van der Waals surface area contributed by atoms with Crippen molar-refractivity contribution in [2.75, 3.05) is 0 Å². The van der Waals surface area contributed by atoms with Gasteiger partial charge >= 0.3 is 5.97 Å². The monoisotopic (exact) mass is 484 g/mol. The highest BCUT2D eigenvalue weighted by atomic mass is 16.5. The molecule has 0 heterocycles. The van der Waals surface area contributed by atoms with E-state index in [1.807, 2.05) is 36.4 Å². The highest BCUT2D eigenvalue weighted by Crippen LogP contribution is 2.29. The van der Waals surface area contributed by atoms with Crippen molar-refractivity contribution in [3.8, 4) is 0 Å². The molecular weight excluding hydrogens is 448 g/mol. The van der Waals surface area contributed by atoms with E-state index in [4.69, 9.17) is 4.74 Å². The number of Topliss-reactive ketones (excluding diaryl/α,β-unsaturated/α-hetero) is 4. The molecule has 190 valence electrons. The lowest BCUT2D eigenvalue weighted by Crippen LogP contribution is -2.32. The lowest BCUT2D eigenvalue weighted by molar-refractivity contribution is -0.147. The Morgan fingerprint density at radius 2 is 1.60 bits per heavy atom. The summed E-state index contributed by atoms with van der Waals surface area (Å²) < 4.78 is 4.88. The number of hydrogen-bond donors (Lipinski definition) is 0. The smallest absolute Gasteiger partial charge is 0.313 e. The van der Waals surface area contributed by atoms with Gasteiger partial charge in [0, 0.05) is 19.3 Å². The van der Waals surface area contributed by atoms with E-state index in [2.05, 4.69) is 0 Å². The van der Waals surface area contributed by atoms with Gasteiger partial charge in [0.2, 0.25) is 0 Å². The molecule has 0 N–H and O–H groups in total. The minimum absolute atomic E-state index is 0.0359. The molecule has 0 bridgehead atoms. The van der Waals surface area contributed by atoms with Crippen molar-refractivity contribution >= 4 is 34.9 Å². The molecular formula is C28H36O7. The summed E-state index contributed by atoms with van der Waals surface area (Å²) in [5.41, 5.74) is 0.921. The van der Waals surface area contributed by atoms with Crippen LogP contribution in [0.5, 0.6) is 0 Å². The first-order chi connectivity index (χ1) is 16.6. The van der Waals surface area contributed by atoms with E-state index in [9.17, 15) is 28.8 Å². The molecule has 0 radical (unpaired) electrons. The zero-order valence-electron chi connectivity index (χ0n) is 20.9. The Morgan fingerprint density at radius 1 is 0.943 bits per heavy atom. The Bertz CT molecular complexity index is 900. The molecule has 2 aliphatic carbocycles. The zero-order valence-corrected chi connectivity index (χ0v) is 20.9. The molecule has 1 fully saturated rings. The summed E-state index contributed by atoms with van der Waals surface area (Å²) in [5.74, 6) is -0.954. The largest absolute Gasteiger partial charge is 0.460 e. The van der Waals surface area contributed by atoms with Crippen LogP contribution in [0.1, 0.15) is 77.7 Å². The van der Waals surface area contributed by atoms with E-state index < -0.39 is 11.9 Å². The third-order valence-corrected chi connectivity index (χ3v) is 5.60. The molecule has 0 spiro atoms. The van der Waals surface area contributed by atoms with Gasteiger partial charge in [-0.15, -0.1) is 0 Å². The van der Waals surface area contributed by atoms with Crippen LogP contribution in [0, 0.1) is 11.8 Å². The van der Waals surface area contributed by atoms with Crippen LogP contribution in [0.15, 0.2) is 42.5 Å². The van der Waals surface area contributed by atoms with Gasteiger partial charge in [-0.1, -0.05) is 36.4 Å². The number of rotatable bonds is 7. The summed E-state index contributed by atoms with van der Waals surface area (Å²) in [5, 5.41) is 0. The summed E-state index contributed by atoms with van der Waals surface area (Å²) >= 11 is 0. The third-order valence-electron chi connectivity index (χ3n) is 5.60. The van der Waals surface area contributed by atoms with E-state index in [1.165, 1.54) is 20.8 Å². The maximum atomic E-state index is 11.3. The van der Waals surface area contributed by atoms with E-state index >= 15 is 0 Å². The molecule has 1 atom stereocenters. The molecule has 0 aliphatic heterocycles. The Kier molecular flexibility index (Phi) is 14.0. The average Bonchev–Trinajstić information content (AvgIpc) is 2.79. The van der Waals surface area contributed by atoms with E-state index in [-0.39, 0.29) is 47.9 Å². The van der Waals surface area contributed by atoms with Crippen LogP contribution in [0.25, 0.3) is 0 Å². The molecule has 3 rings (SSSR count). The Morgan fingerprint density at radius 3 is 2.06 bits per heavy atom. The third kappa shape index (κ3) is 13.3. The number of hydrogen-bond acceptors (Lipinski definition) is 7. The molecule has 35 heavy (non-hydrogen) atoms. The topological polar surface area (TPSA) is 112 Å². The van der Waals surface area contributed by atoms with Crippen molar-refractivity contribution in [3.63, 3.8) is 0 Å². The SMILES string of the molecule is CC(=O)C(C(C)=O)C1CCCC(=O)C1.CC(=O)CC(=O)OCc1ccccc1.O=C1C=CCCC1. The normalized spacial score (nSPS) is 16.9. The predicted octanol–water partition coefficient (Wildman–Crippen LogP) is 4.54. The van der Waals surface area contributed by atoms with Crippen LogP contribution in [-0.4, -0.2) is 34.9 Å². The fraction of sp³-hybridized carbons (Fsp3) is 0.500. The first kappa shape index (κ1) is 29.8. The molecule has 1 saturated carbocycles. The highest BCUT2D eigenvalue weighted by molar-refractivity contribution is 6.01. The lowest BCUT2D eigenvalue weighted by Gasteiger charge is -2.25. The van der Waals surface area contributed by atoms with Gasteiger partial charge < -0.3 is 4.74 Å². The van der Waals surface area contributed by atoms with Crippen molar-refractivity contribution in [1.82, 2.24) is 0 Å². The number of esters is 1. The molecule has 2 aliphatic rings. The van der Waals surface area contributed by atoms with E-state index in [1.54, 1.807) is 6.08 Å². The number of allylic oxidation sites excluding steroid dienone is 2. The number of ketones is 5. The lowest BCUT2D eigenvalue weighted by atomic mass is 9.76. The summed E-state index contributed by atoms with van der Waals surface area (Å²) in [7, 11) is 0. The standard InChI is InChI=1S/C11H16O3.C11H12O3.C6H8O/c1-7(12)11(8(2)13)9-4-3-5-10(14)6-9;1-9(12)7-11(13)14-8-10-5-3-2-4-6-10;7-6-4-2-1-3-5-6/h9,11H,3-6H2,1-2H3;2-6H,7-8H2,1H3;2,4H,1,3,5H2. The quantitative estimate of drug-likeness (QED) is 0.412. The summed E-state index contributed by atoms with van der Waals surface area (Å²) in [6.07, 6.45) is 9.03. The molecule has 7 heteroatoms. The second-order valence-electron chi connectivity index (χ2n) is 8.88. The van der Waals surface area contributed by atoms with Gasteiger partial charge in [0.25, 0.3) is 0 Å². The summed E-state index contributed by atoms with van der Waals surface area (Å²) in [6, 6.07) is 9.35. The molecule has 0 aromatic heterocycles. The zero-order chi connectivity index (χ0) is 26.2. The predicted molar refractivity (Wildman–Crippen MR) is 131 cm³/mol. The molecule has 1 unspecified atom stereocenters. The van der Waals surface area contributed by atoms with Gasteiger partial charge in [0.05, 0.1) is 5.92 Å². The van der Waals surface area contributed by atoms with Crippen LogP contribution in [0.2, 0.25) is 0 Å². The van der Waals surface area contributed by atoms with Crippen molar-refractivity contribution in [3.05, 3.63) is 48.0 Å². The maximum Gasteiger partial charge on any atom is 0.313 e. The highest BCUT2D eigenvalue weighted by Gasteiger charge is 2.32. The first-order valence-electron chi connectivity index (χ1n) is 12.0. The van der Waals surface area contributed by atoms with E-state index in [0.29, 0.717) is 12.8 Å². The Balaban J connectivity index is 0.000000277. The average molecular weight is 485 g/mol. The van der Waals surface area contributed by atoms with Crippen molar-refractivity contribution in [1.29, 1.82) is 0 Å². The second kappa shape index (κ2) is 16.4. The van der Waals surface area contributed by atoms with Crippen LogP contribution in [0.3, 0.4) is 0 Å². The molecule has 1 aromatic carbocycles. The first-order valence-corrected chi connectivity index (χ1v) is 12.0. The molecule has 1 aromatic rings. The van der Waals surface area contributed by atoms with Gasteiger partial charge in [-0.2, -0.15) is 0 Å². The van der Waals surface area contributed by atoms with Gasteiger partial charge in [-0.25, -0.2) is 0 Å². The van der Waals surface area contributed by atoms with Crippen molar-refractivity contribution < 1.29 is 33.5 Å². The van der Waals surface area contributed by atoms with Crippen molar-refractivity contribution in [2.45, 2.75) is 78.7 Å². The number of carbonyl (C=O) groups is 6. The number of ether oxygens (including phenoxy) is 1. The second-order valence-corrected chi connectivity index (χ2v) is 8.88. The molecule has 0 amide bonds. The maximum absolute atomic E-state index is 11.3. The molecule has 7 nitrogen and oxygen atoms in total. The van der Waals surface area contributed by atoms with Gasteiger partial charge in [-0.05, 0) is 64.0 Å². The van der Waals surface area contributed by atoms with Gasteiger partial charge in [0.15, 0.2) is 5.78 Å². The minimum atomic E-state index is -0.542.